The smallest absolute Gasteiger partial charge is 0.239 e. The number of aliphatic hydroxyl groups is 1. The fourth-order valence-electron chi connectivity index (χ4n) is 1.90. The van der Waals surface area contributed by atoms with Crippen LogP contribution in [0.5, 0.6) is 0 Å². The van der Waals surface area contributed by atoms with E-state index in [1.54, 1.807) is 0 Å². The Morgan fingerprint density at radius 2 is 1.60 bits per heavy atom. The van der Waals surface area contributed by atoms with Crippen LogP contribution in [0.4, 0.5) is 5.69 Å². The lowest BCUT2D eigenvalue weighted by Gasteiger charge is -2.17. The first-order valence-electron chi connectivity index (χ1n) is 6.53. The molecule has 0 aliphatic rings. The SMILES string of the molecule is O=C(CNc1ccccc1)N[C@H](CO)c1ccccc1. The summed E-state index contributed by atoms with van der Waals surface area (Å²) >= 11 is 0. The maximum absolute atomic E-state index is 11.9. The van der Waals surface area contributed by atoms with Crippen LogP contribution >= 0.6 is 0 Å². The first-order chi connectivity index (χ1) is 9.79. The van der Waals surface area contributed by atoms with Crippen LogP contribution in [0.15, 0.2) is 60.7 Å². The van der Waals surface area contributed by atoms with Gasteiger partial charge < -0.3 is 15.7 Å². The predicted octanol–water partition coefficient (Wildman–Crippen LogP) is 1.95. The third kappa shape index (κ3) is 4.10. The molecule has 0 spiro atoms. The summed E-state index contributed by atoms with van der Waals surface area (Å²) in [6.07, 6.45) is 0. The molecule has 2 rings (SSSR count). The van der Waals surface area contributed by atoms with Gasteiger partial charge in [0.25, 0.3) is 0 Å². The molecular formula is C16H18N2O2. The number of nitrogens with one attached hydrogen (secondary N) is 2. The van der Waals surface area contributed by atoms with E-state index < -0.39 is 0 Å². The fraction of sp³-hybridized carbons (Fsp3) is 0.188. The molecule has 2 aromatic carbocycles. The van der Waals surface area contributed by atoms with E-state index in [1.807, 2.05) is 60.7 Å². The lowest BCUT2D eigenvalue weighted by atomic mass is 10.1. The Balaban J connectivity index is 1.87. The molecule has 1 atom stereocenters. The van der Waals surface area contributed by atoms with Crippen LogP contribution < -0.4 is 10.6 Å². The van der Waals surface area contributed by atoms with Gasteiger partial charge in [0.1, 0.15) is 0 Å². The average molecular weight is 270 g/mol. The second-order valence-electron chi connectivity index (χ2n) is 4.43. The first-order valence-corrected chi connectivity index (χ1v) is 6.53. The molecule has 2 aromatic rings. The monoisotopic (exact) mass is 270 g/mol. The van der Waals surface area contributed by atoms with Crippen molar-refractivity contribution in [2.24, 2.45) is 0 Å². The number of para-hydroxylation sites is 1. The number of carbonyl (C=O) groups excluding carboxylic acids is 1. The summed E-state index contributed by atoms with van der Waals surface area (Å²) in [5.74, 6) is -0.156. The van der Waals surface area contributed by atoms with Crippen LogP contribution in [0, 0.1) is 0 Å². The molecule has 0 bridgehead atoms. The lowest BCUT2D eigenvalue weighted by Crippen LogP contribution is -2.35. The van der Waals surface area contributed by atoms with Gasteiger partial charge in [0.05, 0.1) is 19.2 Å². The number of anilines is 1. The van der Waals surface area contributed by atoms with E-state index in [-0.39, 0.29) is 25.1 Å². The van der Waals surface area contributed by atoms with Crippen LogP contribution in [0.3, 0.4) is 0 Å². The van der Waals surface area contributed by atoms with Gasteiger partial charge in [0, 0.05) is 5.69 Å². The van der Waals surface area contributed by atoms with Crippen molar-refractivity contribution in [1.29, 1.82) is 0 Å². The summed E-state index contributed by atoms with van der Waals surface area (Å²) in [5.41, 5.74) is 1.78. The van der Waals surface area contributed by atoms with Crippen molar-refractivity contribution in [3.63, 3.8) is 0 Å². The molecule has 4 heteroatoms. The van der Waals surface area contributed by atoms with Gasteiger partial charge in [-0.25, -0.2) is 0 Å². The highest BCUT2D eigenvalue weighted by molar-refractivity contribution is 5.81. The second-order valence-corrected chi connectivity index (χ2v) is 4.43. The van der Waals surface area contributed by atoms with Crippen molar-refractivity contribution in [3.05, 3.63) is 66.2 Å². The van der Waals surface area contributed by atoms with Crippen molar-refractivity contribution >= 4 is 11.6 Å². The summed E-state index contributed by atoms with van der Waals surface area (Å²) in [6.45, 7) is 0.0500. The number of aliphatic hydroxyl groups excluding tert-OH is 1. The van der Waals surface area contributed by atoms with Crippen molar-refractivity contribution in [2.75, 3.05) is 18.5 Å². The molecule has 0 aliphatic carbocycles. The van der Waals surface area contributed by atoms with Crippen molar-refractivity contribution in [3.8, 4) is 0 Å². The van der Waals surface area contributed by atoms with Crippen molar-refractivity contribution in [2.45, 2.75) is 6.04 Å². The molecule has 0 aromatic heterocycles. The molecule has 0 fully saturated rings. The molecule has 0 heterocycles. The highest BCUT2D eigenvalue weighted by Gasteiger charge is 2.12. The van der Waals surface area contributed by atoms with Gasteiger partial charge in [-0.15, -0.1) is 0 Å². The first kappa shape index (κ1) is 14.1. The van der Waals surface area contributed by atoms with E-state index in [2.05, 4.69) is 10.6 Å². The highest BCUT2D eigenvalue weighted by atomic mass is 16.3. The fourth-order valence-corrected chi connectivity index (χ4v) is 1.90. The Bertz CT molecular complexity index is 529. The topological polar surface area (TPSA) is 61.4 Å². The van der Waals surface area contributed by atoms with Gasteiger partial charge in [-0.3, -0.25) is 4.79 Å². The van der Waals surface area contributed by atoms with Gasteiger partial charge in [0.15, 0.2) is 0 Å². The zero-order chi connectivity index (χ0) is 14.2. The molecule has 0 saturated heterocycles. The number of hydrogen-bond donors (Lipinski definition) is 3. The van der Waals surface area contributed by atoms with E-state index in [1.165, 1.54) is 0 Å². The molecule has 0 unspecified atom stereocenters. The Labute approximate surface area is 118 Å². The average Bonchev–Trinajstić information content (AvgIpc) is 2.52. The third-order valence-corrected chi connectivity index (χ3v) is 2.95. The molecule has 104 valence electrons. The minimum Gasteiger partial charge on any atom is -0.394 e. The molecule has 4 nitrogen and oxygen atoms in total. The number of amides is 1. The van der Waals surface area contributed by atoms with Crippen LogP contribution in [-0.2, 0) is 4.79 Å². The molecule has 3 N–H and O–H groups in total. The highest BCUT2D eigenvalue weighted by Crippen LogP contribution is 2.11. The van der Waals surface area contributed by atoms with E-state index in [9.17, 15) is 9.90 Å². The third-order valence-electron chi connectivity index (χ3n) is 2.95. The van der Waals surface area contributed by atoms with Gasteiger partial charge in [-0.2, -0.15) is 0 Å². The molecule has 0 saturated carbocycles. The molecular weight excluding hydrogens is 252 g/mol. The minimum atomic E-state index is -0.374. The zero-order valence-corrected chi connectivity index (χ0v) is 11.1. The lowest BCUT2D eigenvalue weighted by molar-refractivity contribution is -0.120. The summed E-state index contributed by atoms with van der Waals surface area (Å²) in [6, 6.07) is 18.6. The Morgan fingerprint density at radius 3 is 2.20 bits per heavy atom. The standard InChI is InChI=1S/C16H18N2O2/c19-12-15(13-7-3-1-4-8-13)18-16(20)11-17-14-9-5-2-6-10-14/h1-10,15,17,19H,11-12H2,(H,18,20)/t15-/m1/s1. The largest absolute Gasteiger partial charge is 0.394 e. The number of hydrogen-bond acceptors (Lipinski definition) is 3. The molecule has 0 aliphatic heterocycles. The van der Waals surface area contributed by atoms with Crippen LogP contribution in [-0.4, -0.2) is 24.2 Å². The van der Waals surface area contributed by atoms with E-state index in [0.29, 0.717) is 0 Å². The van der Waals surface area contributed by atoms with Gasteiger partial charge in [0.2, 0.25) is 5.91 Å². The summed E-state index contributed by atoms with van der Waals surface area (Å²) in [5, 5.41) is 15.2. The Hall–Kier alpha value is -2.33. The van der Waals surface area contributed by atoms with E-state index in [4.69, 9.17) is 0 Å². The van der Waals surface area contributed by atoms with Gasteiger partial charge in [-0.1, -0.05) is 48.5 Å². The van der Waals surface area contributed by atoms with E-state index in [0.717, 1.165) is 11.3 Å². The zero-order valence-electron chi connectivity index (χ0n) is 11.1. The second kappa shape index (κ2) is 7.31. The maximum Gasteiger partial charge on any atom is 0.239 e. The van der Waals surface area contributed by atoms with Crippen molar-refractivity contribution in [1.82, 2.24) is 5.32 Å². The van der Waals surface area contributed by atoms with Crippen LogP contribution in [0.2, 0.25) is 0 Å². The number of carbonyl (C=O) groups is 1. The normalized spacial score (nSPS) is 11.7. The maximum atomic E-state index is 11.9. The number of rotatable bonds is 6. The van der Waals surface area contributed by atoms with Crippen molar-refractivity contribution < 1.29 is 9.90 Å². The molecule has 0 radical (unpaired) electrons. The minimum absolute atomic E-state index is 0.124. The molecule has 1 amide bonds. The summed E-state index contributed by atoms with van der Waals surface area (Å²) in [7, 11) is 0. The molecule has 20 heavy (non-hydrogen) atoms. The predicted molar refractivity (Wildman–Crippen MR) is 79.3 cm³/mol. The van der Waals surface area contributed by atoms with Crippen LogP contribution in [0.1, 0.15) is 11.6 Å². The van der Waals surface area contributed by atoms with Crippen LogP contribution in [0.25, 0.3) is 0 Å². The Kier molecular flexibility index (Phi) is 5.15. The van der Waals surface area contributed by atoms with Gasteiger partial charge in [-0.05, 0) is 17.7 Å². The summed E-state index contributed by atoms with van der Waals surface area (Å²) < 4.78 is 0. The van der Waals surface area contributed by atoms with E-state index >= 15 is 0 Å². The number of benzene rings is 2. The van der Waals surface area contributed by atoms with Gasteiger partial charge >= 0.3 is 0 Å². The quantitative estimate of drug-likeness (QED) is 0.752. The Morgan fingerprint density at radius 1 is 1.00 bits per heavy atom. The summed E-state index contributed by atoms with van der Waals surface area (Å²) in [4.78, 5) is 11.9.